The quantitative estimate of drug-likeness (QED) is 0.460. The fourth-order valence-electron chi connectivity index (χ4n) is 3.93. The lowest BCUT2D eigenvalue weighted by atomic mass is 10.1. The van der Waals surface area contributed by atoms with Crippen molar-refractivity contribution in [2.24, 2.45) is 0 Å². The summed E-state index contributed by atoms with van der Waals surface area (Å²) in [5.41, 5.74) is 2.76. The SMILES string of the molecule is CN(C)S(=O)(=O)c1ccc(CCC(=O)Nc2ccc3c(c2)N(S(=O)(=O)c2ccc(Cl)cc2)CC3)cc1. The topological polar surface area (TPSA) is 104 Å². The molecule has 0 aromatic heterocycles. The Morgan fingerprint density at radius 3 is 2.22 bits per heavy atom. The van der Waals surface area contributed by atoms with E-state index < -0.39 is 20.0 Å². The number of carbonyl (C=O) groups excluding carboxylic acids is 1. The predicted molar refractivity (Wildman–Crippen MR) is 140 cm³/mol. The van der Waals surface area contributed by atoms with E-state index in [1.165, 1.54) is 54.8 Å². The van der Waals surface area contributed by atoms with Gasteiger partial charge in [0.15, 0.2) is 0 Å². The average Bonchev–Trinajstić information content (AvgIpc) is 3.27. The van der Waals surface area contributed by atoms with Gasteiger partial charge in [0, 0.05) is 37.8 Å². The molecule has 0 saturated heterocycles. The highest BCUT2D eigenvalue weighted by Gasteiger charge is 2.31. The first-order chi connectivity index (χ1) is 17.0. The lowest BCUT2D eigenvalue weighted by molar-refractivity contribution is -0.116. The second-order valence-electron chi connectivity index (χ2n) is 8.60. The van der Waals surface area contributed by atoms with E-state index in [1.807, 2.05) is 6.07 Å². The van der Waals surface area contributed by atoms with Crippen molar-refractivity contribution in [2.75, 3.05) is 30.3 Å². The Labute approximate surface area is 216 Å². The molecule has 11 heteroatoms. The molecular weight excluding hydrogens is 522 g/mol. The molecule has 1 aliphatic rings. The third-order valence-electron chi connectivity index (χ3n) is 5.97. The number of carbonyl (C=O) groups is 1. The standard InChI is InChI=1S/C25H26ClN3O5S2/c1-28(2)35(31,32)22-10-3-18(4-11-22)5-14-25(30)27-21-9-6-19-15-16-29(24(19)17-21)36(33,34)23-12-7-20(26)8-13-23/h3-4,6-13,17H,5,14-16H2,1-2H3,(H,27,30). The van der Waals surface area contributed by atoms with Crippen LogP contribution in [0.4, 0.5) is 11.4 Å². The van der Waals surface area contributed by atoms with Crippen molar-refractivity contribution in [3.63, 3.8) is 0 Å². The molecule has 1 aliphatic heterocycles. The molecule has 0 spiro atoms. The number of fused-ring (bicyclic) bond motifs is 1. The Hall–Kier alpha value is -2.92. The maximum absolute atomic E-state index is 13.2. The van der Waals surface area contributed by atoms with Crippen molar-refractivity contribution in [2.45, 2.75) is 29.1 Å². The Morgan fingerprint density at radius 2 is 1.58 bits per heavy atom. The molecule has 3 aromatic rings. The van der Waals surface area contributed by atoms with Crippen molar-refractivity contribution >= 4 is 48.9 Å². The van der Waals surface area contributed by atoms with E-state index >= 15 is 0 Å². The zero-order valence-electron chi connectivity index (χ0n) is 19.8. The molecule has 0 atom stereocenters. The number of rotatable bonds is 8. The maximum atomic E-state index is 13.2. The third-order valence-corrected chi connectivity index (χ3v) is 9.88. The Kier molecular flexibility index (Phi) is 7.42. The molecule has 0 saturated carbocycles. The fourth-order valence-corrected chi connectivity index (χ4v) is 6.45. The highest BCUT2D eigenvalue weighted by molar-refractivity contribution is 7.92. The minimum absolute atomic E-state index is 0.151. The normalized spacial score (nSPS) is 13.6. The molecule has 4 rings (SSSR count). The monoisotopic (exact) mass is 547 g/mol. The molecule has 36 heavy (non-hydrogen) atoms. The largest absolute Gasteiger partial charge is 0.326 e. The molecule has 0 unspecified atom stereocenters. The van der Waals surface area contributed by atoms with Gasteiger partial charge >= 0.3 is 0 Å². The van der Waals surface area contributed by atoms with Crippen molar-refractivity contribution in [1.82, 2.24) is 4.31 Å². The first-order valence-corrected chi connectivity index (χ1v) is 14.5. The molecule has 3 aromatic carbocycles. The minimum atomic E-state index is -3.76. The predicted octanol–water partition coefficient (Wildman–Crippen LogP) is 3.91. The molecule has 1 heterocycles. The number of benzene rings is 3. The molecule has 8 nitrogen and oxygen atoms in total. The van der Waals surface area contributed by atoms with E-state index in [-0.39, 0.29) is 22.1 Å². The first kappa shape index (κ1) is 26.2. The fraction of sp³-hybridized carbons (Fsp3) is 0.240. The number of sulfonamides is 2. The van der Waals surface area contributed by atoms with Crippen LogP contribution in [0.5, 0.6) is 0 Å². The van der Waals surface area contributed by atoms with Gasteiger partial charge in [-0.2, -0.15) is 0 Å². The van der Waals surface area contributed by atoms with Gasteiger partial charge in [0.05, 0.1) is 15.5 Å². The summed E-state index contributed by atoms with van der Waals surface area (Å²) in [4.78, 5) is 12.9. The van der Waals surface area contributed by atoms with Gasteiger partial charge in [-0.15, -0.1) is 0 Å². The Bertz CT molecular complexity index is 1490. The smallest absolute Gasteiger partial charge is 0.264 e. The van der Waals surface area contributed by atoms with Gasteiger partial charge in [-0.05, 0) is 72.5 Å². The number of amides is 1. The van der Waals surface area contributed by atoms with E-state index in [0.717, 1.165) is 15.4 Å². The zero-order valence-corrected chi connectivity index (χ0v) is 22.2. The molecular formula is C25H26ClN3O5S2. The molecule has 1 amide bonds. The lowest BCUT2D eigenvalue weighted by Crippen LogP contribution is -2.29. The summed E-state index contributed by atoms with van der Waals surface area (Å²) in [6.45, 7) is 0.317. The van der Waals surface area contributed by atoms with Gasteiger partial charge in [0.1, 0.15) is 0 Å². The van der Waals surface area contributed by atoms with Gasteiger partial charge < -0.3 is 5.32 Å². The molecule has 0 fully saturated rings. The minimum Gasteiger partial charge on any atom is -0.326 e. The van der Waals surface area contributed by atoms with Crippen molar-refractivity contribution in [1.29, 1.82) is 0 Å². The number of nitrogens with one attached hydrogen (secondary N) is 1. The average molecular weight is 548 g/mol. The van der Waals surface area contributed by atoms with Crippen molar-refractivity contribution in [3.8, 4) is 0 Å². The van der Waals surface area contributed by atoms with Gasteiger partial charge in [0.25, 0.3) is 10.0 Å². The number of anilines is 2. The van der Waals surface area contributed by atoms with Crippen LogP contribution in [0.1, 0.15) is 17.5 Å². The van der Waals surface area contributed by atoms with Crippen LogP contribution in [-0.2, 0) is 37.7 Å². The van der Waals surface area contributed by atoms with E-state index in [1.54, 1.807) is 24.3 Å². The molecule has 0 radical (unpaired) electrons. The molecule has 0 aliphatic carbocycles. The summed E-state index contributed by atoms with van der Waals surface area (Å²) < 4.78 is 53.2. The second kappa shape index (κ2) is 10.2. The number of aryl methyl sites for hydroxylation is 1. The second-order valence-corrected chi connectivity index (χ2v) is 13.1. The van der Waals surface area contributed by atoms with Gasteiger partial charge in [-0.1, -0.05) is 29.8 Å². The number of hydrogen-bond donors (Lipinski definition) is 1. The van der Waals surface area contributed by atoms with Crippen molar-refractivity contribution < 1.29 is 21.6 Å². The molecule has 1 N–H and O–H groups in total. The zero-order chi connectivity index (χ0) is 26.1. The van der Waals surface area contributed by atoms with Crippen LogP contribution in [0.25, 0.3) is 0 Å². The van der Waals surface area contributed by atoms with Gasteiger partial charge in [-0.3, -0.25) is 9.10 Å². The van der Waals surface area contributed by atoms with E-state index in [2.05, 4.69) is 5.32 Å². The summed E-state index contributed by atoms with van der Waals surface area (Å²) in [6.07, 6.45) is 1.19. The van der Waals surface area contributed by atoms with Gasteiger partial charge in [-0.25, -0.2) is 21.1 Å². The lowest BCUT2D eigenvalue weighted by Gasteiger charge is -2.20. The first-order valence-electron chi connectivity index (χ1n) is 11.2. The molecule has 0 bridgehead atoms. The summed E-state index contributed by atoms with van der Waals surface area (Å²) in [5, 5.41) is 3.29. The van der Waals surface area contributed by atoms with Crippen LogP contribution in [0.15, 0.2) is 76.5 Å². The summed E-state index contributed by atoms with van der Waals surface area (Å²) in [7, 11) is -4.33. The van der Waals surface area contributed by atoms with Gasteiger partial charge in [0.2, 0.25) is 15.9 Å². The van der Waals surface area contributed by atoms with Crippen LogP contribution in [0.3, 0.4) is 0 Å². The van der Waals surface area contributed by atoms with E-state index in [4.69, 9.17) is 11.6 Å². The summed E-state index contributed by atoms with van der Waals surface area (Å²) in [5.74, 6) is -0.231. The van der Waals surface area contributed by atoms with Crippen LogP contribution in [0, 0.1) is 0 Å². The van der Waals surface area contributed by atoms with E-state index in [9.17, 15) is 21.6 Å². The number of nitrogens with zero attached hydrogens (tertiary/aromatic N) is 2. The highest BCUT2D eigenvalue weighted by atomic mass is 35.5. The summed E-state index contributed by atoms with van der Waals surface area (Å²) >= 11 is 5.90. The molecule has 190 valence electrons. The maximum Gasteiger partial charge on any atom is 0.264 e. The van der Waals surface area contributed by atoms with Crippen LogP contribution >= 0.6 is 11.6 Å². The highest BCUT2D eigenvalue weighted by Crippen LogP contribution is 2.35. The Morgan fingerprint density at radius 1 is 0.944 bits per heavy atom. The third kappa shape index (κ3) is 5.41. The van der Waals surface area contributed by atoms with Crippen LogP contribution in [0.2, 0.25) is 5.02 Å². The summed E-state index contributed by atoms with van der Waals surface area (Å²) in [6, 6.07) is 17.7. The van der Waals surface area contributed by atoms with Crippen LogP contribution < -0.4 is 9.62 Å². The number of halogens is 1. The Balaban J connectivity index is 1.42. The van der Waals surface area contributed by atoms with Crippen molar-refractivity contribution in [3.05, 3.63) is 82.9 Å². The number of hydrogen-bond acceptors (Lipinski definition) is 5. The van der Waals surface area contributed by atoms with E-state index in [0.29, 0.717) is 35.8 Å². The van der Waals surface area contributed by atoms with Crippen LogP contribution in [-0.4, -0.2) is 47.7 Å².